The number of nitrogens with one attached hydrogen (secondary N) is 1. The third kappa shape index (κ3) is 3.54. The van der Waals surface area contributed by atoms with Crippen LogP contribution in [0.1, 0.15) is 41.6 Å². The van der Waals surface area contributed by atoms with Crippen LogP contribution in [0.25, 0.3) is 5.57 Å². The van der Waals surface area contributed by atoms with Crippen LogP contribution in [0.3, 0.4) is 0 Å². The van der Waals surface area contributed by atoms with Gasteiger partial charge in [0.15, 0.2) is 0 Å². The number of nitrogens with two attached hydrogens (primary N) is 1. The first-order valence-corrected chi connectivity index (χ1v) is 9.73. The van der Waals surface area contributed by atoms with Gasteiger partial charge in [-0.25, -0.2) is 0 Å². The number of carboxylic acids is 1. The van der Waals surface area contributed by atoms with Crippen LogP contribution >= 0.6 is 0 Å². The Morgan fingerprint density at radius 3 is 2.64 bits per heavy atom. The molecule has 148 valence electrons. The fraction of sp³-hybridized carbons (Fsp3) is 0.476. The van der Waals surface area contributed by atoms with Crippen LogP contribution in [0.2, 0.25) is 0 Å². The molecular formula is C21H25N3O4. The molecule has 0 radical (unpaired) electrons. The van der Waals surface area contributed by atoms with Crippen molar-refractivity contribution in [1.82, 2.24) is 10.2 Å². The molecule has 0 bridgehead atoms. The van der Waals surface area contributed by atoms with Crippen molar-refractivity contribution in [3.63, 3.8) is 0 Å². The highest BCUT2D eigenvalue weighted by molar-refractivity contribution is 5.94. The maximum absolute atomic E-state index is 13.0. The minimum absolute atomic E-state index is 0.0975. The number of benzene rings is 1. The van der Waals surface area contributed by atoms with Crippen molar-refractivity contribution in [2.75, 3.05) is 19.6 Å². The lowest BCUT2D eigenvalue weighted by Gasteiger charge is -2.38. The van der Waals surface area contributed by atoms with Gasteiger partial charge in [-0.2, -0.15) is 0 Å². The van der Waals surface area contributed by atoms with E-state index in [1.807, 2.05) is 12.1 Å². The highest BCUT2D eigenvalue weighted by Crippen LogP contribution is 2.52. The molecule has 1 aromatic rings. The van der Waals surface area contributed by atoms with Crippen LogP contribution in [0.15, 0.2) is 30.3 Å². The van der Waals surface area contributed by atoms with E-state index in [4.69, 9.17) is 5.73 Å². The second-order valence-electron chi connectivity index (χ2n) is 8.22. The van der Waals surface area contributed by atoms with Gasteiger partial charge in [-0.15, -0.1) is 0 Å². The predicted octanol–water partition coefficient (Wildman–Crippen LogP) is 1.24. The number of carboxylic acid groups (broad SMARTS) is 1. The van der Waals surface area contributed by atoms with Crippen molar-refractivity contribution in [3.8, 4) is 0 Å². The van der Waals surface area contributed by atoms with Gasteiger partial charge in [0.1, 0.15) is 6.04 Å². The first-order chi connectivity index (χ1) is 13.4. The Bertz CT molecular complexity index is 859. The van der Waals surface area contributed by atoms with Crippen molar-refractivity contribution < 1.29 is 19.5 Å². The van der Waals surface area contributed by atoms with Crippen molar-refractivity contribution >= 4 is 23.4 Å². The Morgan fingerprint density at radius 2 is 2.04 bits per heavy atom. The molecule has 1 saturated carbocycles. The summed E-state index contributed by atoms with van der Waals surface area (Å²) >= 11 is 0. The average Bonchev–Trinajstić information content (AvgIpc) is 3.46. The molecule has 28 heavy (non-hydrogen) atoms. The van der Waals surface area contributed by atoms with Gasteiger partial charge in [0.2, 0.25) is 11.8 Å². The van der Waals surface area contributed by atoms with Crippen molar-refractivity contribution in [2.24, 2.45) is 17.1 Å². The summed E-state index contributed by atoms with van der Waals surface area (Å²) in [5.41, 5.74) is 7.90. The number of carbonyl (C=O) groups excluding carboxylic acids is 2. The van der Waals surface area contributed by atoms with Gasteiger partial charge in [-0.1, -0.05) is 18.2 Å². The molecule has 3 aliphatic rings. The summed E-state index contributed by atoms with van der Waals surface area (Å²) < 4.78 is 0. The van der Waals surface area contributed by atoms with Crippen molar-refractivity contribution in [2.45, 2.75) is 31.7 Å². The van der Waals surface area contributed by atoms with E-state index in [9.17, 15) is 19.5 Å². The zero-order valence-corrected chi connectivity index (χ0v) is 15.7. The van der Waals surface area contributed by atoms with E-state index in [0.29, 0.717) is 31.5 Å². The highest BCUT2D eigenvalue weighted by atomic mass is 16.4. The minimum Gasteiger partial charge on any atom is -0.481 e. The molecule has 1 spiro atoms. The number of rotatable bonds is 4. The van der Waals surface area contributed by atoms with Gasteiger partial charge in [0, 0.05) is 25.2 Å². The zero-order valence-electron chi connectivity index (χ0n) is 15.7. The Kier molecular flexibility index (Phi) is 4.71. The number of carbonyl (C=O) groups is 3. The molecule has 2 heterocycles. The van der Waals surface area contributed by atoms with Crippen LogP contribution in [0.5, 0.6) is 0 Å². The first-order valence-electron chi connectivity index (χ1n) is 9.73. The van der Waals surface area contributed by atoms with Gasteiger partial charge in [0.05, 0.1) is 5.92 Å². The third-order valence-electron chi connectivity index (χ3n) is 6.33. The van der Waals surface area contributed by atoms with Gasteiger partial charge in [-0.3, -0.25) is 14.4 Å². The molecule has 1 aliphatic carbocycles. The maximum atomic E-state index is 13.0. The Balaban J connectivity index is 1.45. The second-order valence-corrected chi connectivity index (χ2v) is 8.22. The van der Waals surface area contributed by atoms with Gasteiger partial charge in [-0.05, 0) is 54.4 Å². The van der Waals surface area contributed by atoms with E-state index in [1.54, 1.807) is 23.1 Å². The predicted molar refractivity (Wildman–Crippen MR) is 103 cm³/mol. The van der Waals surface area contributed by atoms with E-state index in [0.717, 1.165) is 30.5 Å². The molecule has 2 fully saturated rings. The van der Waals surface area contributed by atoms with Crippen molar-refractivity contribution in [3.05, 3.63) is 41.5 Å². The molecule has 2 atom stereocenters. The van der Waals surface area contributed by atoms with E-state index < -0.39 is 23.8 Å². The summed E-state index contributed by atoms with van der Waals surface area (Å²) in [6.07, 6.45) is 5.31. The normalized spacial score (nSPS) is 25.9. The highest BCUT2D eigenvalue weighted by Gasteiger charge is 2.52. The van der Waals surface area contributed by atoms with E-state index in [2.05, 4.69) is 5.32 Å². The topological polar surface area (TPSA) is 113 Å². The van der Waals surface area contributed by atoms with Gasteiger partial charge >= 0.3 is 5.97 Å². The molecular weight excluding hydrogens is 358 g/mol. The van der Waals surface area contributed by atoms with Crippen LogP contribution < -0.4 is 11.1 Å². The second kappa shape index (κ2) is 7.05. The van der Waals surface area contributed by atoms with Crippen LogP contribution in [0.4, 0.5) is 0 Å². The molecule has 1 aromatic carbocycles. The monoisotopic (exact) mass is 383 g/mol. The number of amides is 2. The Labute approximate surface area is 163 Å². The summed E-state index contributed by atoms with van der Waals surface area (Å²) in [4.78, 5) is 37.8. The largest absolute Gasteiger partial charge is 0.481 e. The summed E-state index contributed by atoms with van der Waals surface area (Å²) in [5, 5.41) is 12.8. The number of hydrogen-bond acceptors (Lipinski definition) is 4. The quantitative estimate of drug-likeness (QED) is 0.724. The number of piperidine rings is 1. The summed E-state index contributed by atoms with van der Waals surface area (Å²) in [6.45, 7) is 1.69. The zero-order chi connectivity index (χ0) is 19.9. The van der Waals surface area contributed by atoms with E-state index in [-0.39, 0.29) is 11.3 Å². The summed E-state index contributed by atoms with van der Waals surface area (Å²) in [5.74, 6) is -2.16. The minimum atomic E-state index is -0.895. The molecule has 4 N–H and O–H groups in total. The van der Waals surface area contributed by atoms with Gasteiger partial charge in [0.25, 0.3) is 0 Å². The lowest BCUT2D eigenvalue weighted by atomic mass is 9.81. The Hall–Kier alpha value is -2.67. The summed E-state index contributed by atoms with van der Waals surface area (Å²) in [6, 6.07) is 6.51. The lowest BCUT2D eigenvalue weighted by molar-refractivity contribution is -0.150. The van der Waals surface area contributed by atoms with Crippen LogP contribution in [-0.2, 0) is 9.59 Å². The van der Waals surface area contributed by atoms with Crippen LogP contribution in [-0.4, -0.2) is 53.5 Å². The van der Waals surface area contributed by atoms with E-state index in [1.165, 1.54) is 0 Å². The Morgan fingerprint density at radius 1 is 1.25 bits per heavy atom. The molecule has 4 rings (SSSR count). The number of aliphatic carboxylic acids is 1. The molecule has 2 aliphatic heterocycles. The summed E-state index contributed by atoms with van der Waals surface area (Å²) in [7, 11) is 0. The van der Waals surface area contributed by atoms with Gasteiger partial charge < -0.3 is 21.1 Å². The fourth-order valence-electron chi connectivity index (χ4n) is 4.37. The lowest BCUT2D eigenvalue weighted by Crippen LogP contribution is -2.57. The van der Waals surface area contributed by atoms with Crippen LogP contribution in [0, 0.1) is 11.3 Å². The van der Waals surface area contributed by atoms with E-state index >= 15 is 0 Å². The maximum Gasteiger partial charge on any atom is 0.308 e. The molecule has 7 nitrogen and oxygen atoms in total. The first kappa shape index (κ1) is 18.7. The molecule has 1 saturated heterocycles. The average molecular weight is 383 g/mol. The smallest absolute Gasteiger partial charge is 0.308 e. The molecule has 2 unspecified atom stereocenters. The molecule has 2 amide bonds. The molecule has 0 aromatic heterocycles. The third-order valence-corrected chi connectivity index (χ3v) is 6.33. The fourth-order valence-corrected chi connectivity index (χ4v) is 4.37. The number of primary amides is 1. The number of hydrogen-bond donors (Lipinski definition) is 3. The van der Waals surface area contributed by atoms with Crippen molar-refractivity contribution in [1.29, 1.82) is 0 Å². The molecule has 7 heteroatoms. The number of nitrogens with zero attached hydrogens (tertiary/aromatic N) is 1. The SMILES string of the molecule is NC(=O)c1cccc(C2=CCN(C(=O)C3NCC4(CC4)CC3C(=O)O)CC2)c1. The standard InChI is InChI=1S/C21H25N3O4/c22-18(25)15-3-1-2-14(10-15)13-4-8-24(9-5-13)19(26)17-16(20(27)28)11-21(6-7-21)12-23-17/h1-4,10,16-17,23H,5-9,11-12H2,(H2,22,25)(H,27,28).